The van der Waals surface area contributed by atoms with E-state index in [-0.39, 0.29) is 5.78 Å². The van der Waals surface area contributed by atoms with Crippen LogP contribution in [0, 0.1) is 0 Å². The van der Waals surface area contributed by atoms with Gasteiger partial charge < -0.3 is 16.0 Å². The summed E-state index contributed by atoms with van der Waals surface area (Å²) in [7, 11) is 0. The number of carbonyl (C=O) groups is 1. The van der Waals surface area contributed by atoms with Gasteiger partial charge in [-0.3, -0.25) is 4.79 Å². The average molecular weight is 249 g/mol. The molecule has 1 aromatic rings. The maximum atomic E-state index is 11.4. The fourth-order valence-corrected chi connectivity index (χ4v) is 1.87. The molecule has 100 valence electrons. The van der Waals surface area contributed by atoms with Crippen molar-refractivity contribution in [2.24, 2.45) is 0 Å². The van der Waals surface area contributed by atoms with Gasteiger partial charge in [0.15, 0.2) is 5.78 Å². The third-order valence-corrected chi connectivity index (χ3v) is 3.08. The molecule has 0 saturated heterocycles. The van der Waals surface area contributed by atoms with Crippen LogP contribution in [0.2, 0.25) is 0 Å². The number of hydrogen-bond acceptors (Lipinski definition) is 4. The molecule has 1 aromatic carbocycles. The minimum atomic E-state index is -0.0000992. The SMILES string of the molecule is CCN(CC)CCNc1ccc(N)c(C(C)=O)c1. The highest BCUT2D eigenvalue weighted by Gasteiger charge is 2.05. The lowest BCUT2D eigenvalue weighted by Gasteiger charge is -2.18. The Kier molecular flexibility index (Phi) is 5.65. The molecule has 0 aliphatic carbocycles. The van der Waals surface area contributed by atoms with E-state index in [9.17, 15) is 4.79 Å². The van der Waals surface area contributed by atoms with Crippen molar-refractivity contribution in [3.05, 3.63) is 23.8 Å². The summed E-state index contributed by atoms with van der Waals surface area (Å²) in [5, 5.41) is 3.32. The normalized spacial score (nSPS) is 10.7. The van der Waals surface area contributed by atoms with Gasteiger partial charge in [0.2, 0.25) is 0 Å². The van der Waals surface area contributed by atoms with E-state index in [1.165, 1.54) is 6.92 Å². The van der Waals surface area contributed by atoms with E-state index in [0.29, 0.717) is 11.3 Å². The summed E-state index contributed by atoms with van der Waals surface area (Å²) in [6, 6.07) is 5.50. The number of nitrogens with two attached hydrogens (primary N) is 1. The van der Waals surface area contributed by atoms with E-state index >= 15 is 0 Å². The first kappa shape index (κ1) is 14.5. The van der Waals surface area contributed by atoms with Crippen molar-refractivity contribution in [3.63, 3.8) is 0 Å². The zero-order valence-corrected chi connectivity index (χ0v) is 11.5. The molecule has 0 heterocycles. The summed E-state index contributed by atoms with van der Waals surface area (Å²) in [4.78, 5) is 13.7. The van der Waals surface area contributed by atoms with Gasteiger partial charge in [0.1, 0.15) is 0 Å². The van der Waals surface area contributed by atoms with Crippen LogP contribution in [0.15, 0.2) is 18.2 Å². The highest BCUT2D eigenvalue weighted by atomic mass is 16.1. The lowest BCUT2D eigenvalue weighted by atomic mass is 10.1. The number of nitrogens with one attached hydrogen (secondary N) is 1. The zero-order chi connectivity index (χ0) is 13.5. The predicted molar refractivity (Wildman–Crippen MR) is 77.1 cm³/mol. The Balaban J connectivity index is 2.58. The second kappa shape index (κ2) is 7.01. The van der Waals surface area contributed by atoms with Gasteiger partial charge in [0, 0.05) is 30.0 Å². The van der Waals surface area contributed by atoms with Crippen molar-refractivity contribution in [2.75, 3.05) is 37.2 Å². The average Bonchev–Trinajstić information content (AvgIpc) is 2.36. The molecule has 0 aliphatic rings. The van der Waals surface area contributed by atoms with E-state index in [0.717, 1.165) is 31.9 Å². The number of Topliss-reactive ketones (excluding diaryl/α,β-unsaturated/α-hetero) is 1. The summed E-state index contributed by atoms with van der Waals surface area (Å²) < 4.78 is 0. The van der Waals surface area contributed by atoms with Crippen LogP contribution in [-0.4, -0.2) is 36.9 Å². The molecule has 3 N–H and O–H groups in total. The third kappa shape index (κ3) is 4.04. The molecule has 4 nitrogen and oxygen atoms in total. The molecule has 0 bridgehead atoms. The molecule has 0 unspecified atom stereocenters. The summed E-state index contributed by atoms with van der Waals surface area (Å²) >= 11 is 0. The third-order valence-electron chi connectivity index (χ3n) is 3.08. The summed E-state index contributed by atoms with van der Waals surface area (Å²) in [5.74, 6) is -0.0000992. The van der Waals surface area contributed by atoms with Crippen molar-refractivity contribution in [1.29, 1.82) is 0 Å². The van der Waals surface area contributed by atoms with Crippen molar-refractivity contribution in [2.45, 2.75) is 20.8 Å². The quantitative estimate of drug-likeness (QED) is 0.574. The van der Waals surface area contributed by atoms with Crippen molar-refractivity contribution in [3.8, 4) is 0 Å². The Labute approximate surface area is 109 Å². The Morgan fingerprint density at radius 3 is 2.56 bits per heavy atom. The molecule has 0 atom stereocenters. The predicted octanol–water partition coefficient (Wildman–Crippen LogP) is 2.23. The number of rotatable bonds is 7. The topological polar surface area (TPSA) is 58.4 Å². The number of nitrogen functional groups attached to an aromatic ring is 1. The van der Waals surface area contributed by atoms with Crippen LogP contribution in [0.5, 0.6) is 0 Å². The zero-order valence-electron chi connectivity index (χ0n) is 11.5. The molecule has 0 spiro atoms. The van der Waals surface area contributed by atoms with Crippen LogP contribution in [0.3, 0.4) is 0 Å². The molecular formula is C14H23N3O. The Hall–Kier alpha value is -1.55. The van der Waals surface area contributed by atoms with Crippen LogP contribution in [0.1, 0.15) is 31.1 Å². The Morgan fingerprint density at radius 2 is 2.00 bits per heavy atom. The smallest absolute Gasteiger partial charge is 0.161 e. The molecule has 0 aromatic heterocycles. The molecule has 0 radical (unpaired) electrons. The number of benzene rings is 1. The van der Waals surface area contributed by atoms with Crippen LogP contribution in [-0.2, 0) is 0 Å². The summed E-state index contributed by atoms with van der Waals surface area (Å²) in [5.41, 5.74) is 7.82. The highest BCUT2D eigenvalue weighted by molar-refractivity contribution is 5.99. The van der Waals surface area contributed by atoms with Crippen molar-refractivity contribution >= 4 is 17.2 Å². The van der Waals surface area contributed by atoms with Crippen molar-refractivity contribution < 1.29 is 4.79 Å². The fourth-order valence-electron chi connectivity index (χ4n) is 1.87. The lowest BCUT2D eigenvalue weighted by molar-refractivity contribution is 0.101. The van der Waals surface area contributed by atoms with Gasteiger partial charge in [-0.2, -0.15) is 0 Å². The van der Waals surface area contributed by atoms with Gasteiger partial charge in [0.05, 0.1) is 0 Å². The minimum absolute atomic E-state index is 0.0000992. The molecule has 0 amide bonds. The monoisotopic (exact) mass is 249 g/mol. The van der Waals surface area contributed by atoms with E-state index in [4.69, 9.17) is 5.73 Å². The maximum absolute atomic E-state index is 11.4. The van der Waals surface area contributed by atoms with E-state index in [1.807, 2.05) is 12.1 Å². The van der Waals surface area contributed by atoms with Crippen molar-refractivity contribution in [1.82, 2.24) is 4.90 Å². The first-order valence-electron chi connectivity index (χ1n) is 6.45. The van der Waals surface area contributed by atoms with Gasteiger partial charge in [-0.05, 0) is 38.2 Å². The molecule has 0 saturated carbocycles. The lowest BCUT2D eigenvalue weighted by Crippen LogP contribution is -2.28. The van der Waals surface area contributed by atoms with Gasteiger partial charge in [-0.1, -0.05) is 13.8 Å². The summed E-state index contributed by atoms with van der Waals surface area (Å²) in [6.07, 6.45) is 0. The number of carbonyl (C=O) groups excluding carboxylic acids is 1. The van der Waals surface area contributed by atoms with E-state index in [1.54, 1.807) is 6.07 Å². The van der Waals surface area contributed by atoms with Crippen LogP contribution in [0.25, 0.3) is 0 Å². The number of hydrogen-bond donors (Lipinski definition) is 2. The highest BCUT2D eigenvalue weighted by Crippen LogP contribution is 2.18. The first-order valence-corrected chi connectivity index (χ1v) is 6.45. The Bertz CT molecular complexity index is 400. The minimum Gasteiger partial charge on any atom is -0.398 e. The molecule has 4 heteroatoms. The largest absolute Gasteiger partial charge is 0.398 e. The van der Waals surface area contributed by atoms with Crippen LogP contribution >= 0.6 is 0 Å². The van der Waals surface area contributed by atoms with Gasteiger partial charge >= 0.3 is 0 Å². The van der Waals surface area contributed by atoms with Gasteiger partial charge in [-0.25, -0.2) is 0 Å². The van der Waals surface area contributed by atoms with E-state index in [2.05, 4.69) is 24.1 Å². The number of anilines is 2. The van der Waals surface area contributed by atoms with Crippen LogP contribution < -0.4 is 11.1 Å². The number of likely N-dealkylation sites (N-methyl/N-ethyl adjacent to an activating group) is 1. The standard InChI is InChI=1S/C14H23N3O/c1-4-17(5-2)9-8-16-12-6-7-14(15)13(10-12)11(3)18/h6-7,10,16H,4-5,8-9,15H2,1-3H3. The second-order valence-corrected chi connectivity index (χ2v) is 4.31. The van der Waals surface area contributed by atoms with Gasteiger partial charge in [0.25, 0.3) is 0 Å². The van der Waals surface area contributed by atoms with Crippen LogP contribution in [0.4, 0.5) is 11.4 Å². The maximum Gasteiger partial charge on any atom is 0.161 e. The molecular weight excluding hydrogens is 226 g/mol. The fraction of sp³-hybridized carbons (Fsp3) is 0.500. The first-order chi connectivity index (χ1) is 8.58. The Morgan fingerprint density at radius 1 is 1.33 bits per heavy atom. The summed E-state index contributed by atoms with van der Waals surface area (Å²) in [6.45, 7) is 9.81. The second-order valence-electron chi connectivity index (χ2n) is 4.31. The van der Waals surface area contributed by atoms with E-state index < -0.39 is 0 Å². The van der Waals surface area contributed by atoms with Gasteiger partial charge in [-0.15, -0.1) is 0 Å². The molecule has 0 aliphatic heterocycles. The number of nitrogens with zero attached hydrogens (tertiary/aromatic N) is 1. The molecule has 1 rings (SSSR count). The number of ketones is 1. The molecule has 18 heavy (non-hydrogen) atoms. The molecule has 0 fully saturated rings.